The third kappa shape index (κ3) is 1.95. The van der Waals surface area contributed by atoms with Crippen molar-refractivity contribution in [3.8, 4) is 5.69 Å². The van der Waals surface area contributed by atoms with Crippen LogP contribution in [-0.4, -0.2) is 15.2 Å². The quantitative estimate of drug-likeness (QED) is 0.747. The van der Waals surface area contributed by atoms with E-state index in [2.05, 4.69) is 34.9 Å². The maximum atomic E-state index is 6.34. The standard InChI is InChI=1S/C15H17ClN2/c1-11-13(7-8-14(11)16)15-9-10-17-18(15)12-5-3-2-4-6-12/h2-6,9-11,13-14H,7-8H2,1H3. The van der Waals surface area contributed by atoms with Gasteiger partial charge in [0.25, 0.3) is 0 Å². The van der Waals surface area contributed by atoms with Crippen molar-refractivity contribution in [2.75, 3.05) is 0 Å². The molecule has 3 unspecified atom stereocenters. The van der Waals surface area contributed by atoms with Gasteiger partial charge in [0.15, 0.2) is 0 Å². The molecule has 3 atom stereocenters. The van der Waals surface area contributed by atoms with Crippen molar-refractivity contribution in [1.29, 1.82) is 0 Å². The first kappa shape index (κ1) is 11.8. The fraction of sp³-hybridized carbons (Fsp3) is 0.400. The number of aromatic nitrogens is 2. The number of alkyl halides is 1. The van der Waals surface area contributed by atoms with Crippen molar-refractivity contribution < 1.29 is 0 Å². The second-order valence-corrected chi connectivity index (χ2v) is 5.62. The highest BCUT2D eigenvalue weighted by Crippen LogP contribution is 2.42. The Kier molecular flexibility index (Phi) is 3.13. The van der Waals surface area contributed by atoms with Crippen molar-refractivity contribution in [2.24, 2.45) is 5.92 Å². The minimum absolute atomic E-state index is 0.300. The van der Waals surface area contributed by atoms with E-state index in [0.29, 0.717) is 17.2 Å². The van der Waals surface area contributed by atoms with Crippen LogP contribution in [0.1, 0.15) is 31.4 Å². The van der Waals surface area contributed by atoms with Gasteiger partial charge in [0.2, 0.25) is 0 Å². The molecular weight excluding hydrogens is 244 g/mol. The van der Waals surface area contributed by atoms with E-state index >= 15 is 0 Å². The molecule has 2 nitrogen and oxygen atoms in total. The molecular formula is C15H17ClN2. The van der Waals surface area contributed by atoms with E-state index in [1.165, 1.54) is 5.69 Å². The first-order valence-corrected chi connectivity index (χ1v) is 6.94. The zero-order valence-corrected chi connectivity index (χ0v) is 11.2. The zero-order valence-electron chi connectivity index (χ0n) is 10.5. The van der Waals surface area contributed by atoms with Crippen LogP contribution in [0.3, 0.4) is 0 Å². The predicted octanol–water partition coefficient (Wildman–Crippen LogP) is 3.99. The van der Waals surface area contributed by atoms with Crippen molar-refractivity contribution >= 4 is 11.6 Å². The lowest BCUT2D eigenvalue weighted by atomic mass is 9.94. The van der Waals surface area contributed by atoms with Crippen LogP contribution in [-0.2, 0) is 0 Å². The molecule has 1 aromatic carbocycles. The van der Waals surface area contributed by atoms with Gasteiger partial charge in [-0.1, -0.05) is 25.1 Å². The Morgan fingerprint density at radius 2 is 1.94 bits per heavy atom. The molecule has 1 aliphatic rings. The van der Waals surface area contributed by atoms with Crippen LogP contribution in [0.15, 0.2) is 42.6 Å². The maximum Gasteiger partial charge on any atom is 0.0648 e. The number of hydrogen-bond donors (Lipinski definition) is 0. The number of halogens is 1. The minimum atomic E-state index is 0.300. The molecule has 0 radical (unpaired) electrons. The van der Waals surface area contributed by atoms with Gasteiger partial charge in [-0.2, -0.15) is 5.10 Å². The second-order valence-electron chi connectivity index (χ2n) is 5.06. The summed E-state index contributed by atoms with van der Waals surface area (Å²) < 4.78 is 2.05. The summed E-state index contributed by atoms with van der Waals surface area (Å²) >= 11 is 6.34. The molecule has 2 aromatic rings. The molecule has 0 bridgehead atoms. The highest BCUT2D eigenvalue weighted by atomic mass is 35.5. The Labute approximate surface area is 113 Å². The van der Waals surface area contributed by atoms with Crippen LogP contribution < -0.4 is 0 Å². The molecule has 0 N–H and O–H groups in total. The number of para-hydroxylation sites is 1. The van der Waals surface area contributed by atoms with Crippen molar-refractivity contribution in [2.45, 2.75) is 31.1 Å². The molecule has 0 amide bonds. The lowest BCUT2D eigenvalue weighted by Crippen LogP contribution is -2.13. The summed E-state index contributed by atoms with van der Waals surface area (Å²) in [6.45, 7) is 2.25. The third-order valence-corrected chi connectivity index (χ3v) is 4.63. The summed E-state index contributed by atoms with van der Waals surface area (Å²) in [5.74, 6) is 1.04. The fourth-order valence-electron chi connectivity index (χ4n) is 2.91. The second kappa shape index (κ2) is 4.77. The number of rotatable bonds is 2. The van der Waals surface area contributed by atoms with Crippen molar-refractivity contribution in [3.63, 3.8) is 0 Å². The average molecular weight is 261 g/mol. The van der Waals surface area contributed by atoms with Gasteiger partial charge in [-0.15, -0.1) is 11.6 Å². The molecule has 1 heterocycles. The summed E-state index contributed by atoms with van der Waals surface area (Å²) in [7, 11) is 0. The number of nitrogens with zero attached hydrogens (tertiary/aromatic N) is 2. The molecule has 1 fully saturated rings. The third-order valence-electron chi connectivity index (χ3n) is 4.01. The van der Waals surface area contributed by atoms with E-state index in [-0.39, 0.29) is 0 Å². The van der Waals surface area contributed by atoms with Crippen molar-refractivity contribution in [3.05, 3.63) is 48.3 Å². The van der Waals surface area contributed by atoms with Crippen LogP contribution in [0.5, 0.6) is 0 Å². The van der Waals surface area contributed by atoms with Gasteiger partial charge in [-0.25, -0.2) is 4.68 Å². The summed E-state index contributed by atoms with van der Waals surface area (Å²) in [5, 5.41) is 4.76. The largest absolute Gasteiger partial charge is 0.238 e. The predicted molar refractivity (Wildman–Crippen MR) is 74.3 cm³/mol. The highest BCUT2D eigenvalue weighted by Gasteiger charge is 2.34. The number of benzene rings is 1. The summed E-state index contributed by atoms with van der Waals surface area (Å²) in [6, 6.07) is 12.4. The van der Waals surface area contributed by atoms with Gasteiger partial charge in [0, 0.05) is 23.2 Å². The summed E-state index contributed by atoms with van der Waals surface area (Å²) in [6.07, 6.45) is 4.15. The van der Waals surface area contributed by atoms with E-state index in [1.807, 2.05) is 24.4 Å². The van der Waals surface area contributed by atoms with Crippen LogP contribution >= 0.6 is 11.6 Å². The Bertz CT molecular complexity index is 520. The highest BCUT2D eigenvalue weighted by molar-refractivity contribution is 6.21. The van der Waals surface area contributed by atoms with Gasteiger partial charge >= 0.3 is 0 Å². The molecule has 1 saturated carbocycles. The van der Waals surface area contributed by atoms with Crippen molar-refractivity contribution in [1.82, 2.24) is 9.78 Å². The summed E-state index contributed by atoms with van der Waals surface area (Å²) in [5.41, 5.74) is 2.42. The zero-order chi connectivity index (χ0) is 12.5. The van der Waals surface area contributed by atoms with Gasteiger partial charge in [0.05, 0.1) is 5.69 Å². The normalized spacial score (nSPS) is 27.6. The SMILES string of the molecule is CC1C(Cl)CCC1c1ccnn1-c1ccccc1. The van der Waals surface area contributed by atoms with Gasteiger partial charge in [-0.05, 0) is 37.0 Å². The first-order chi connectivity index (χ1) is 8.77. The van der Waals surface area contributed by atoms with E-state index in [4.69, 9.17) is 11.6 Å². The fourth-order valence-corrected chi connectivity index (χ4v) is 3.21. The van der Waals surface area contributed by atoms with Gasteiger partial charge < -0.3 is 0 Å². The Morgan fingerprint density at radius 3 is 2.61 bits per heavy atom. The molecule has 1 aliphatic carbocycles. The van der Waals surface area contributed by atoms with Crippen LogP contribution in [0.2, 0.25) is 0 Å². The molecule has 94 valence electrons. The molecule has 0 spiro atoms. The van der Waals surface area contributed by atoms with E-state index in [9.17, 15) is 0 Å². The Hall–Kier alpha value is -1.28. The lowest BCUT2D eigenvalue weighted by molar-refractivity contribution is 0.513. The van der Waals surface area contributed by atoms with E-state index < -0.39 is 0 Å². The maximum absolute atomic E-state index is 6.34. The Balaban J connectivity index is 1.98. The molecule has 3 rings (SSSR count). The molecule has 18 heavy (non-hydrogen) atoms. The van der Waals surface area contributed by atoms with Crippen LogP contribution in [0, 0.1) is 5.92 Å². The minimum Gasteiger partial charge on any atom is -0.238 e. The molecule has 0 aliphatic heterocycles. The first-order valence-electron chi connectivity index (χ1n) is 6.51. The summed E-state index contributed by atoms with van der Waals surface area (Å²) in [4.78, 5) is 0. The van der Waals surface area contributed by atoms with Gasteiger partial charge in [0.1, 0.15) is 0 Å². The van der Waals surface area contributed by atoms with E-state index in [0.717, 1.165) is 18.5 Å². The van der Waals surface area contributed by atoms with Crippen LogP contribution in [0.4, 0.5) is 0 Å². The topological polar surface area (TPSA) is 17.8 Å². The Morgan fingerprint density at radius 1 is 1.17 bits per heavy atom. The molecule has 1 aromatic heterocycles. The van der Waals surface area contributed by atoms with E-state index in [1.54, 1.807) is 0 Å². The monoisotopic (exact) mass is 260 g/mol. The average Bonchev–Trinajstić information content (AvgIpc) is 2.99. The number of hydrogen-bond acceptors (Lipinski definition) is 1. The molecule has 0 saturated heterocycles. The van der Waals surface area contributed by atoms with Gasteiger partial charge in [-0.3, -0.25) is 0 Å². The molecule has 3 heteroatoms. The smallest absolute Gasteiger partial charge is 0.0648 e. The lowest BCUT2D eigenvalue weighted by Gasteiger charge is -2.18. The van der Waals surface area contributed by atoms with Crippen LogP contribution in [0.25, 0.3) is 5.69 Å².